The third-order valence-electron chi connectivity index (χ3n) is 4.20. The second-order valence-corrected chi connectivity index (χ2v) is 5.63. The molecule has 4 nitrogen and oxygen atoms in total. The van der Waals surface area contributed by atoms with E-state index in [9.17, 15) is 4.79 Å². The van der Waals surface area contributed by atoms with E-state index in [4.69, 9.17) is 2.74 Å². The van der Waals surface area contributed by atoms with Gasteiger partial charge in [-0.3, -0.25) is 0 Å². The molecule has 0 radical (unpaired) electrons. The van der Waals surface area contributed by atoms with Crippen LogP contribution in [0, 0.1) is 5.92 Å². The van der Waals surface area contributed by atoms with Gasteiger partial charge < -0.3 is 15.5 Å². The molecule has 3 aliphatic heterocycles. The molecule has 4 rings (SSSR count). The quantitative estimate of drug-likeness (QED) is 0.889. The maximum absolute atomic E-state index is 12.3. The largest absolute Gasteiger partial charge is 0.334 e. The van der Waals surface area contributed by atoms with Crippen molar-refractivity contribution in [2.45, 2.75) is 31.8 Å². The predicted molar refractivity (Wildman–Crippen MR) is 79.5 cm³/mol. The first-order valence-electron chi connectivity index (χ1n) is 8.38. The van der Waals surface area contributed by atoms with Gasteiger partial charge in [-0.2, -0.15) is 0 Å². The Bertz CT molecular complexity index is 529. The van der Waals surface area contributed by atoms with Crippen LogP contribution in [0.1, 0.15) is 34.1 Å². The van der Waals surface area contributed by atoms with Gasteiger partial charge in [0.15, 0.2) is 0 Å². The molecule has 3 aliphatic rings. The van der Waals surface area contributed by atoms with E-state index < -0.39 is 12.5 Å². The van der Waals surface area contributed by atoms with Gasteiger partial charge in [0, 0.05) is 13.9 Å². The summed E-state index contributed by atoms with van der Waals surface area (Å²) in [5, 5.41) is 5.64. The highest BCUT2D eigenvalue weighted by Crippen LogP contribution is 2.27. The molecule has 3 fully saturated rings. The summed E-state index contributed by atoms with van der Waals surface area (Å²) in [6.45, 7) is 2.96. The highest BCUT2D eigenvalue weighted by Gasteiger charge is 2.34. The van der Waals surface area contributed by atoms with E-state index in [2.05, 4.69) is 10.6 Å². The van der Waals surface area contributed by atoms with Crippen LogP contribution < -0.4 is 10.6 Å². The van der Waals surface area contributed by atoms with Crippen LogP contribution in [0.25, 0.3) is 0 Å². The Morgan fingerprint density at radius 1 is 1.40 bits per heavy atom. The van der Waals surface area contributed by atoms with E-state index in [1.807, 2.05) is 42.2 Å². The van der Waals surface area contributed by atoms with Crippen LogP contribution in [-0.4, -0.2) is 36.6 Å². The first-order chi connectivity index (χ1) is 10.5. The van der Waals surface area contributed by atoms with Gasteiger partial charge in [-0.1, -0.05) is 30.3 Å². The molecule has 0 aromatic heterocycles. The summed E-state index contributed by atoms with van der Waals surface area (Å²) in [6, 6.07) is 8.03. The van der Waals surface area contributed by atoms with E-state index in [0.29, 0.717) is 0 Å². The molecule has 3 saturated heterocycles. The lowest BCUT2D eigenvalue weighted by Gasteiger charge is -2.44. The minimum atomic E-state index is -1.21. The van der Waals surface area contributed by atoms with Crippen molar-refractivity contribution in [3.05, 3.63) is 35.9 Å². The molecule has 0 saturated carbocycles. The fourth-order valence-electron chi connectivity index (χ4n) is 2.96. The lowest BCUT2D eigenvalue weighted by atomic mass is 9.84. The van der Waals surface area contributed by atoms with Gasteiger partial charge in [-0.15, -0.1) is 0 Å². The molecule has 2 N–H and O–H groups in total. The summed E-state index contributed by atoms with van der Waals surface area (Å²) in [4.78, 5) is 14.3. The number of carbonyl (C=O) groups is 1. The second-order valence-electron chi connectivity index (χ2n) is 5.63. The number of nitrogens with one attached hydrogen (secondary N) is 2. The molecule has 3 heterocycles. The number of rotatable bonds is 3. The molecule has 2 bridgehead atoms. The van der Waals surface area contributed by atoms with Crippen LogP contribution in [0.15, 0.2) is 30.3 Å². The maximum atomic E-state index is 12.3. The minimum Gasteiger partial charge on any atom is -0.334 e. The zero-order chi connectivity index (χ0) is 15.7. The molecular formula is C16H23N3O. The third-order valence-corrected chi connectivity index (χ3v) is 4.20. The zero-order valence-corrected chi connectivity index (χ0v) is 11.8. The normalized spacial score (nSPS) is 38.5. The third kappa shape index (κ3) is 2.96. The Labute approximate surface area is 123 Å². The van der Waals surface area contributed by atoms with Gasteiger partial charge in [0.05, 0.1) is 7.41 Å². The minimum absolute atomic E-state index is 0.0674. The first kappa shape index (κ1) is 11.1. The summed E-state index contributed by atoms with van der Waals surface area (Å²) in [5.74, 6) is 0.0674. The molecule has 20 heavy (non-hydrogen) atoms. The number of nitrogens with zero attached hydrogens (tertiary/aromatic N) is 1. The molecule has 2 amide bonds. The molecule has 0 spiro atoms. The van der Waals surface area contributed by atoms with Gasteiger partial charge >= 0.3 is 6.03 Å². The van der Waals surface area contributed by atoms with Crippen molar-refractivity contribution in [2.24, 2.45) is 5.92 Å². The number of hydrogen-bond donors (Lipinski definition) is 2. The lowest BCUT2D eigenvalue weighted by Crippen LogP contribution is -2.58. The topological polar surface area (TPSA) is 44.4 Å². The second kappa shape index (κ2) is 5.83. The Morgan fingerprint density at radius 3 is 2.75 bits per heavy atom. The molecule has 4 heteroatoms. The van der Waals surface area contributed by atoms with Crippen molar-refractivity contribution >= 4 is 6.03 Å². The molecule has 1 aromatic rings. The molecule has 1 unspecified atom stereocenters. The number of fused-ring (bicyclic) bond motifs is 3. The monoisotopic (exact) mass is 277 g/mol. The van der Waals surface area contributed by atoms with Crippen LogP contribution in [-0.2, 0) is 0 Å². The predicted octanol–water partition coefficient (Wildman–Crippen LogP) is 2.14. The number of piperidine rings is 3. The average molecular weight is 277 g/mol. The Balaban J connectivity index is 1.64. The van der Waals surface area contributed by atoms with Crippen LogP contribution in [0.3, 0.4) is 0 Å². The molecular weight excluding hydrogens is 250 g/mol. The average Bonchev–Trinajstić information content (AvgIpc) is 2.53. The van der Waals surface area contributed by atoms with Crippen molar-refractivity contribution < 1.29 is 7.54 Å². The highest BCUT2D eigenvalue weighted by molar-refractivity contribution is 5.74. The van der Waals surface area contributed by atoms with Gasteiger partial charge in [-0.05, 0) is 44.3 Å². The van der Waals surface area contributed by atoms with Crippen LogP contribution >= 0.6 is 0 Å². The lowest BCUT2D eigenvalue weighted by molar-refractivity contribution is 0.0764. The van der Waals surface area contributed by atoms with E-state index in [0.717, 1.165) is 31.5 Å². The number of carbonyl (C=O) groups excluding carboxylic acids is 1. The molecule has 108 valence electrons. The Morgan fingerprint density at radius 2 is 2.10 bits per heavy atom. The van der Waals surface area contributed by atoms with E-state index in [1.54, 1.807) is 0 Å². The van der Waals surface area contributed by atoms with Crippen molar-refractivity contribution in [1.29, 1.82) is 0 Å². The summed E-state index contributed by atoms with van der Waals surface area (Å²) < 4.78 is 16.8. The van der Waals surface area contributed by atoms with Crippen molar-refractivity contribution in [3.63, 3.8) is 0 Å². The maximum Gasteiger partial charge on any atom is 0.315 e. The smallest absolute Gasteiger partial charge is 0.315 e. The van der Waals surface area contributed by atoms with Gasteiger partial charge in [0.2, 0.25) is 0 Å². The van der Waals surface area contributed by atoms with Crippen molar-refractivity contribution in [3.8, 4) is 0 Å². The Hall–Kier alpha value is -1.55. The summed E-state index contributed by atoms with van der Waals surface area (Å²) in [6.07, 6.45) is 1.76. The summed E-state index contributed by atoms with van der Waals surface area (Å²) in [5.41, 5.74) is 1.02. The van der Waals surface area contributed by atoms with Gasteiger partial charge in [-0.25, -0.2) is 4.79 Å². The van der Waals surface area contributed by atoms with Gasteiger partial charge in [0.25, 0.3) is 0 Å². The van der Waals surface area contributed by atoms with E-state index in [-0.39, 0.29) is 18.0 Å². The van der Waals surface area contributed by atoms with Gasteiger partial charge in [0.1, 0.15) is 0 Å². The van der Waals surface area contributed by atoms with Crippen molar-refractivity contribution in [2.75, 3.05) is 19.6 Å². The highest BCUT2D eigenvalue weighted by atomic mass is 16.2. The molecule has 3 atom stereocenters. The number of hydrogen-bond acceptors (Lipinski definition) is 2. The number of urea groups is 1. The SMILES string of the molecule is [3H]C1N2CCC(CC2)[C@@]1([3H])NC(=O)N[C@H](C)c1ccccc1. The fraction of sp³-hybridized carbons (Fsp3) is 0.562. The number of benzene rings is 1. The molecule has 1 aromatic carbocycles. The van der Waals surface area contributed by atoms with Crippen LogP contribution in [0.5, 0.6) is 0 Å². The van der Waals surface area contributed by atoms with Crippen LogP contribution in [0.4, 0.5) is 4.79 Å². The number of amides is 2. The van der Waals surface area contributed by atoms with Crippen LogP contribution in [0.2, 0.25) is 0 Å². The van der Waals surface area contributed by atoms with E-state index >= 15 is 0 Å². The fourth-order valence-corrected chi connectivity index (χ4v) is 2.96. The summed E-state index contributed by atoms with van der Waals surface area (Å²) in [7, 11) is 0. The standard InChI is InChI=1S/C16H23N3O/c1-12(13-5-3-2-4-6-13)17-16(20)18-15-11-19-9-7-14(15)8-10-19/h2-6,12,14-15H,7-11H2,1H3,(H2,17,18,20)/t12-,15+/m1/s1/i11T,15T/t11?,12-,15+. The van der Waals surface area contributed by atoms with Crippen molar-refractivity contribution in [1.82, 2.24) is 15.5 Å². The molecule has 0 aliphatic carbocycles. The Kier molecular flexibility index (Phi) is 3.25. The first-order valence-corrected chi connectivity index (χ1v) is 7.30. The summed E-state index contributed by atoms with van der Waals surface area (Å²) >= 11 is 0. The zero-order valence-electron chi connectivity index (χ0n) is 13.8. The van der Waals surface area contributed by atoms with E-state index in [1.165, 1.54) is 0 Å².